The maximum Gasteiger partial charge on any atom is 0.310 e. The predicted molar refractivity (Wildman–Crippen MR) is 99.1 cm³/mol. The van der Waals surface area contributed by atoms with Crippen molar-refractivity contribution in [3.63, 3.8) is 0 Å². The molecule has 0 amide bonds. The molecule has 2 heterocycles. The Kier molecular flexibility index (Phi) is 3.50. The summed E-state index contributed by atoms with van der Waals surface area (Å²) in [5, 5.41) is 10.2. The van der Waals surface area contributed by atoms with Crippen LogP contribution in [0.5, 0.6) is 5.75 Å². The molecule has 0 aromatic heterocycles. The highest BCUT2D eigenvalue weighted by Gasteiger charge is 2.70. The highest BCUT2D eigenvalue weighted by molar-refractivity contribution is 5.74. The van der Waals surface area contributed by atoms with E-state index in [2.05, 4.69) is 18.0 Å². The zero-order valence-corrected chi connectivity index (χ0v) is 15.8. The molecule has 140 valence electrons. The Bertz CT molecular complexity index is 762. The van der Waals surface area contributed by atoms with Gasteiger partial charge in [0.1, 0.15) is 5.75 Å². The lowest BCUT2D eigenvalue weighted by atomic mass is 9.37. The van der Waals surface area contributed by atoms with Crippen LogP contribution in [0.1, 0.15) is 56.6 Å². The number of phenols is 1. The zero-order valence-electron chi connectivity index (χ0n) is 15.8. The molecule has 4 nitrogen and oxygen atoms in total. The summed E-state index contributed by atoms with van der Waals surface area (Å²) < 4.78 is 5.46. The molecule has 2 aliphatic heterocycles. The molecule has 6 rings (SSSR count). The molecular weight excluding hydrogens is 326 g/mol. The summed E-state index contributed by atoms with van der Waals surface area (Å²) >= 11 is 0. The van der Waals surface area contributed by atoms with E-state index in [1.165, 1.54) is 36.8 Å². The Morgan fingerprint density at radius 1 is 1.31 bits per heavy atom. The topological polar surface area (TPSA) is 49.8 Å². The first kappa shape index (κ1) is 16.6. The highest BCUT2D eigenvalue weighted by Crippen LogP contribution is 2.70. The highest BCUT2D eigenvalue weighted by atomic mass is 16.5. The van der Waals surface area contributed by atoms with E-state index in [0.717, 1.165) is 19.3 Å². The summed E-state index contributed by atoms with van der Waals surface area (Å²) in [5.41, 5.74) is 3.06. The fourth-order valence-electron chi connectivity index (χ4n) is 7.39. The van der Waals surface area contributed by atoms with Gasteiger partial charge in [-0.15, -0.1) is 0 Å². The van der Waals surface area contributed by atoms with Crippen LogP contribution in [-0.4, -0.2) is 41.7 Å². The minimum Gasteiger partial charge on any atom is -0.508 e. The van der Waals surface area contributed by atoms with Crippen LogP contribution in [-0.2, 0) is 21.4 Å². The monoisotopic (exact) mass is 355 g/mol. The molecule has 0 radical (unpaired) electrons. The normalized spacial score (nSPS) is 40.6. The number of benzene rings is 1. The van der Waals surface area contributed by atoms with E-state index in [0.29, 0.717) is 18.4 Å². The summed E-state index contributed by atoms with van der Waals surface area (Å²) in [6.45, 7) is 2.36. The predicted octanol–water partition coefficient (Wildman–Crippen LogP) is 3.40. The second kappa shape index (κ2) is 5.48. The number of rotatable bonds is 2. The van der Waals surface area contributed by atoms with Gasteiger partial charge in [-0.2, -0.15) is 0 Å². The Balaban J connectivity index is 1.67. The molecule has 5 atom stereocenters. The van der Waals surface area contributed by atoms with E-state index >= 15 is 0 Å². The van der Waals surface area contributed by atoms with Crippen molar-refractivity contribution in [1.29, 1.82) is 0 Å². The number of ether oxygens (including phenoxy) is 1. The lowest BCUT2D eigenvalue weighted by Crippen LogP contribution is -2.75. The van der Waals surface area contributed by atoms with E-state index in [1.807, 2.05) is 19.1 Å². The zero-order chi connectivity index (χ0) is 18.1. The van der Waals surface area contributed by atoms with Crippen LogP contribution in [0.2, 0.25) is 0 Å². The smallest absolute Gasteiger partial charge is 0.310 e. The third kappa shape index (κ3) is 1.86. The van der Waals surface area contributed by atoms with Gasteiger partial charge in [0, 0.05) is 17.5 Å². The summed E-state index contributed by atoms with van der Waals surface area (Å²) in [7, 11) is 2.23. The van der Waals surface area contributed by atoms with Crippen molar-refractivity contribution in [3.8, 4) is 5.75 Å². The fraction of sp³-hybridized carbons (Fsp3) is 0.682. The molecule has 26 heavy (non-hydrogen) atoms. The third-order valence-corrected chi connectivity index (χ3v) is 8.30. The Morgan fingerprint density at radius 3 is 2.92 bits per heavy atom. The second-order valence-corrected chi connectivity index (χ2v) is 9.01. The summed E-state index contributed by atoms with van der Waals surface area (Å²) in [4.78, 5) is 15.3. The average molecular weight is 355 g/mol. The van der Waals surface area contributed by atoms with E-state index in [1.54, 1.807) is 0 Å². The SMILES string of the molecule is CCOC(=O)C1C[C@@]23CCCC[C@]24CC1N(C)C3Cc1ccc(O)cc14. The Hall–Kier alpha value is -1.55. The first-order valence-electron chi connectivity index (χ1n) is 10.2. The van der Waals surface area contributed by atoms with Crippen LogP contribution in [0, 0.1) is 11.3 Å². The van der Waals surface area contributed by atoms with E-state index < -0.39 is 0 Å². The number of nitrogens with zero attached hydrogens (tertiary/aromatic N) is 1. The number of fused-ring (bicyclic) bond motifs is 2. The molecule has 2 saturated carbocycles. The van der Waals surface area contributed by atoms with Gasteiger partial charge in [0.2, 0.25) is 0 Å². The molecule has 1 aromatic carbocycles. The van der Waals surface area contributed by atoms with Gasteiger partial charge < -0.3 is 9.84 Å². The molecule has 1 spiro atoms. The minimum absolute atomic E-state index is 0.00119. The van der Waals surface area contributed by atoms with Gasteiger partial charge in [0.15, 0.2) is 0 Å². The standard InChI is InChI=1S/C22H29NO3/c1-3-26-20(25)16-12-22-9-5-4-8-21(22)13-18(16)23(2)19(22)10-14-6-7-15(24)11-17(14)21/h6-7,11,16,18-19,24H,3-5,8-10,12-13H2,1-2H3/t16?,18?,19?,21-,22-/m1/s1. The molecule has 4 bridgehead atoms. The number of aromatic hydroxyl groups is 1. The molecule has 3 aliphatic carbocycles. The quantitative estimate of drug-likeness (QED) is 0.826. The van der Waals surface area contributed by atoms with Crippen molar-refractivity contribution in [2.24, 2.45) is 11.3 Å². The van der Waals surface area contributed by atoms with E-state index in [9.17, 15) is 9.90 Å². The minimum atomic E-state index is -0.00180. The van der Waals surface area contributed by atoms with Crippen molar-refractivity contribution in [1.82, 2.24) is 4.90 Å². The molecule has 4 heteroatoms. The molecular formula is C22H29NO3. The van der Waals surface area contributed by atoms with Gasteiger partial charge in [-0.25, -0.2) is 0 Å². The van der Waals surface area contributed by atoms with Gasteiger partial charge >= 0.3 is 5.97 Å². The van der Waals surface area contributed by atoms with Crippen molar-refractivity contribution >= 4 is 5.97 Å². The molecule has 1 N–H and O–H groups in total. The molecule has 1 aromatic rings. The maximum atomic E-state index is 12.7. The van der Waals surface area contributed by atoms with Gasteiger partial charge in [0.05, 0.1) is 12.5 Å². The number of hydrogen-bond acceptors (Lipinski definition) is 4. The summed E-state index contributed by atoms with van der Waals surface area (Å²) in [6, 6.07) is 6.78. The Labute approximate surface area is 155 Å². The van der Waals surface area contributed by atoms with Crippen molar-refractivity contribution in [3.05, 3.63) is 29.3 Å². The van der Waals surface area contributed by atoms with E-state index in [4.69, 9.17) is 4.74 Å². The number of carbonyl (C=O) groups excluding carboxylic acids is 1. The molecule has 4 fully saturated rings. The maximum absolute atomic E-state index is 12.7. The second-order valence-electron chi connectivity index (χ2n) is 9.01. The number of likely N-dealkylation sites (N-methyl/N-ethyl adjacent to an activating group) is 1. The van der Waals surface area contributed by atoms with Crippen molar-refractivity contribution < 1.29 is 14.6 Å². The number of hydrogen-bond donors (Lipinski definition) is 1. The number of phenolic OH excluding ortho intramolecular Hbond substituents is 1. The van der Waals surface area contributed by atoms with Gasteiger partial charge in [-0.05, 0) is 74.8 Å². The average Bonchev–Trinajstić information content (AvgIpc) is 2.64. The van der Waals surface area contributed by atoms with Crippen molar-refractivity contribution in [2.45, 2.75) is 69.4 Å². The van der Waals surface area contributed by atoms with Crippen LogP contribution in [0.25, 0.3) is 0 Å². The van der Waals surface area contributed by atoms with Gasteiger partial charge in [0.25, 0.3) is 0 Å². The van der Waals surface area contributed by atoms with Gasteiger partial charge in [-0.3, -0.25) is 9.69 Å². The van der Waals surface area contributed by atoms with Crippen LogP contribution >= 0.6 is 0 Å². The van der Waals surface area contributed by atoms with Gasteiger partial charge in [-0.1, -0.05) is 18.9 Å². The Morgan fingerprint density at radius 2 is 2.12 bits per heavy atom. The lowest BCUT2D eigenvalue weighted by molar-refractivity contribution is -0.197. The number of esters is 1. The molecule has 3 unspecified atom stereocenters. The number of carbonyl (C=O) groups is 1. The number of piperidine rings is 2. The molecule has 5 aliphatic rings. The summed E-state index contributed by atoms with van der Waals surface area (Å²) in [5.74, 6) is 0.383. The van der Waals surface area contributed by atoms with Crippen molar-refractivity contribution in [2.75, 3.05) is 13.7 Å². The first-order valence-corrected chi connectivity index (χ1v) is 10.2. The largest absolute Gasteiger partial charge is 0.508 e. The lowest BCUT2D eigenvalue weighted by Gasteiger charge is -2.72. The van der Waals surface area contributed by atoms with Crippen LogP contribution in [0.3, 0.4) is 0 Å². The van der Waals surface area contributed by atoms with E-state index in [-0.39, 0.29) is 28.8 Å². The molecule has 2 saturated heterocycles. The van der Waals surface area contributed by atoms with Crippen LogP contribution in [0.15, 0.2) is 18.2 Å². The fourth-order valence-corrected chi connectivity index (χ4v) is 7.39. The third-order valence-electron chi connectivity index (χ3n) is 8.30. The van der Waals surface area contributed by atoms with Crippen LogP contribution < -0.4 is 0 Å². The first-order chi connectivity index (χ1) is 12.5. The van der Waals surface area contributed by atoms with Crippen LogP contribution in [0.4, 0.5) is 0 Å². The summed E-state index contributed by atoms with van der Waals surface area (Å²) in [6.07, 6.45) is 7.92.